The molecule has 2 unspecified atom stereocenters. The summed E-state index contributed by atoms with van der Waals surface area (Å²) in [4.78, 5) is 15.5. The zero-order chi connectivity index (χ0) is 18.1. The number of hydrogen-bond acceptors (Lipinski definition) is 5. The van der Waals surface area contributed by atoms with Crippen molar-refractivity contribution in [1.29, 1.82) is 0 Å². The van der Waals surface area contributed by atoms with E-state index in [0.717, 1.165) is 0 Å². The maximum Gasteiger partial charge on any atom is 0.262 e. The van der Waals surface area contributed by atoms with E-state index in [0.29, 0.717) is 18.7 Å². The highest BCUT2D eigenvalue weighted by Crippen LogP contribution is 2.28. The van der Waals surface area contributed by atoms with Gasteiger partial charge in [-0.2, -0.15) is 0 Å². The molecular weight excluding hydrogens is 354 g/mol. The van der Waals surface area contributed by atoms with Gasteiger partial charge in [-0.1, -0.05) is 11.0 Å². The molecule has 0 spiro atoms. The highest BCUT2D eigenvalue weighted by molar-refractivity contribution is 7.89. The number of benzene rings is 1. The molecule has 0 aliphatic carbocycles. The maximum absolute atomic E-state index is 12.7. The van der Waals surface area contributed by atoms with Crippen LogP contribution in [0.3, 0.4) is 0 Å². The van der Waals surface area contributed by atoms with Gasteiger partial charge in [-0.3, -0.25) is 4.79 Å². The van der Waals surface area contributed by atoms with E-state index < -0.39 is 15.4 Å². The standard InChI is InChI=1S/C15H22ClN3O4S/c1-9-7-19(8-10(2)17-9)15(20)12-4-5-13(11(3)16)14(6-12)24(22,23)18-21/h4-6,9-11,17-18,21H,7-8H2,1-3H3/t9?,10?,11-/m0/s1. The topological polar surface area (TPSA) is 98.7 Å². The lowest BCUT2D eigenvalue weighted by atomic mass is 10.1. The van der Waals surface area contributed by atoms with Crippen molar-refractivity contribution in [2.75, 3.05) is 13.1 Å². The van der Waals surface area contributed by atoms with Gasteiger partial charge in [0.2, 0.25) is 0 Å². The van der Waals surface area contributed by atoms with E-state index in [2.05, 4.69) is 5.32 Å². The number of alkyl halides is 1. The van der Waals surface area contributed by atoms with Crippen LogP contribution in [0.4, 0.5) is 0 Å². The molecule has 1 heterocycles. The second kappa shape index (κ2) is 7.37. The molecule has 0 bridgehead atoms. The molecule has 0 saturated carbocycles. The molecule has 1 aliphatic heterocycles. The number of amides is 1. The second-order valence-corrected chi connectivity index (χ2v) is 8.43. The summed E-state index contributed by atoms with van der Waals surface area (Å²) < 4.78 is 24.1. The quantitative estimate of drug-likeness (QED) is 0.547. The Morgan fingerprint density at radius 2 is 1.96 bits per heavy atom. The predicted octanol–water partition coefficient (Wildman–Crippen LogP) is 1.48. The van der Waals surface area contributed by atoms with Crippen molar-refractivity contribution in [3.8, 4) is 0 Å². The minimum Gasteiger partial charge on any atom is -0.336 e. The Kier molecular flexibility index (Phi) is 5.87. The van der Waals surface area contributed by atoms with Crippen LogP contribution in [0.15, 0.2) is 23.1 Å². The summed E-state index contributed by atoms with van der Waals surface area (Å²) in [6.07, 6.45) is 0. The number of carbonyl (C=O) groups is 1. The number of rotatable bonds is 4. The Morgan fingerprint density at radius 3 is 2.46 bits per heavy atom. The van der Waals surface area contributed by atoms with Gasteiger partial charge < -0.3 is 15.4 Å². The van der Waals surface area contributed by atoms with Crippen molar-refractivity contribution in [3.63, 3.8) is 0 Å². The molecule has 134 valence electrons. The zero-order valence-corrected chi connectivity index (χ0v) is 15.4. The van der Waals surface area contributed by atoms with Crippen molar-refractivity contribution in [3.05, 3.63) is 29.3 Å². The lowest BCUT2D eigenvalue weighted by Gasteiger charge is -2.36. The van der Waals surface area contributed by atoms with Gasteiger partial charge in [0.25, 0.3) is 15.9 Å². The number of piperazine rings is 1. The van der Waals surface area contributed by atoms with Crippen LogP contribution >= 0.6 is 11.6 Å². The van der Waals surface area contributed by atoms with Crippen LogP contribution in [-0.2, 0) is 10.0 Å². The number of sulfonamides is 1. The Bertz CT molecular complexity index is 713. The van der Waals surface area contributed by atoms with Crippen molar-refractivity contribution >= 4 is 27.5 Å². The minimum absolute atomic E-state index is 0.155. The number of hydrogen-bond donors (Lipinski definition) is 3. The third-order valence-electron chi connectivity index (χ3n) is 3.94. The number of halogens is 1. The largest absolute Gasteiger partial charge is 0.336 e. The molecular formula is C15H22ClN3O4S. The summed E-state index contributed by atoms with van der Waals surface area (Å²) in [6.45, 7) is 6.67. The van der Waals surface area contributed by atoms with Gasteiger partial charge in [0.15, 0.2) is 0 Å². The van der Waals surface area contributed by atoms with E-state index in [4.69, 9.17) is 16.8 Å². The molecule has 7 nitrogen and oxygen atoms in total. The average molecular weight is 376 g/mol. The normalized spacial score (nSPS) is 23.1. The van der Waals surface area contributed by atoms with Crippen LogP contribution in [0.5, 0.6) is 0 Å². The van der Waals surface area contributed by atoms with E-state index in [1.807, 2.05) is 13.8 Å². The van der Waals surface area contributed by atoms with E-state index >= 15 is 0 Å². The minimum atomic E-state index is -4.14. The van der Waals surface area contributed by atoms with Gasteiger partial charge in [-0.25, -0.2) is 8.42 Å². The van der Waals surface area contributed by atoms with Crippen molar-refractivity contribution in [2.45, 2.75) is 43.1 Å². The highest BCUT2D eigenvalue weighted by atomic mass is 35.5. The van der Waals surface area contributed by atoms with Crippen LogP contribution in [0.25, 0.3) is 0 Å². The van der Waals surface area contributed by atoms with E-state index in [9.17, 15) is 13.2 Å². The summed E-state index contributed by atoms with van der Waals surface area (Å²) in [5.41, 5.74) is 0.558. The highest BCUT2D eigenvalue weighted by Gasteiger charge is 2.28. The van der Waals surface area contributed by atoms with Crippen LogP contribution in [0.2, 0.25) is 0 Å². The number of nitrogens with zero attached hydrogens (tertiary/aromatic N) is 1. The average Bonchev–Trinajstić information content (AvgIpc) is 2.52. The SMILES string of the molecule is CC1CN(C(=O)c2ccc([C@H](C)Cl)c(S(=O)(=O)NO)c2)CC(C)N1. The first-order chi connectivity index (χ1) is 11.2. The monoisotopic (exact) mass is 375 g/mol. The van der Waals surface area contributed by atoms with Crippen LogP contribution in [0, 0.1) is 0 Å². The molecule has 0 radical (unpaired) electrons. The summed E-state index contributed by atoms with van der Waals surface area (Å²) in [5, 5.41) is 11.7. The molecule has 1 fully saturated rings. The second-order valence-electron chi connectivity index (χ2n) is 6.14. The summed E-state index contributed by atoms with van der Waals surface area (Å²) in [7, 11) is -4.14. The molecule has 3 N–H and O–H groups in total. The zero-order valence-electron chi connectivity index (χ0n) is 13.8. The number of nitrogens with one attached hydrogen (secondary N) is 2. The molecule has 1 aromatic rings. The van der Waals surface area contributed by atoms with Crippen LogP contribution < -0.4 is 10.2 Å². The van der Waals surface area contributed by atoms with E-state index in [-0.39, 0.29) is 28.4 Å². The summed E-state index contributed by atoms with van der Waals surface area (Å²) >= 11 is 6.01. The predicted molar refractivity (Wildman–Crippen MR) is 90.8 cm³/mol. The fourth-order valence-electron chi connectivity index (χ4n) is 2.95. The molecule has 24 heavy (non-hydrogen) atoms. The lowest BCUT2D eigenvalue weighted by molar-refractivity contribution is 0.0673. The van der Waals surface area contributed by atoms with E-state index in [1.165, 1.54) is 17.0 Å². The smallest absolute Gasteiger partial charge is 0.262 e. The fraction of sp³-hybridized carbons (Fsp3) is 0.533. The Balaban J connectivity index is 2.41. The molecule has 1 aromatic carbocycles. The first kappa shape index (κ1) is 19.1. The Labute approximate surface area is 147 Å². The van der Waals surface area contributed by atoms with Gasteiger partial charge in [-0.15, -0.1) is 11.6 Å². The molecule has 3 atom stereocenters. The molecule has 2 rings (SSSR count). The molecule has 1 saturated heterocycles. The summed E-state index contributed by atoms with van der Waals surface area (Å²) in [5.74, 6) is -0.252. The van der Waals surface area contributed by atoms with Gasteiger partial charge >= 0.3 is 0 Å². The first-order valence-corrected chi connectivity index (χ1v) is 9.57. The van der Waals surface area contributed by atoms with Crippen LogP contribution in [0.1, 0.15) is 42.1 Å². The van der Waals surface area contributed by atoms with Crippen LogP contribution in [-0.4, -0.2) is 49.6 Å². The maximum atomic E-state index is 12.7. The molecule has 0 aromatic heterocycles. The third kappa shape index (κ3) is 4.07. The van der Waals surface area contributed by atoms with Gasteiger partial charge in [-0.05, 0) is 38.5 Å². The van der Waals surface area contributed by atoms with Crippen molar-refractivity contribution < 1.29 is 18.4 Å². The van der Waals surface area contributed by atoms with Gasteiger partial charge in [0.1, 0.15) is 0 Å². The molecule has 1 aliphatic rings. The third-order valence-corrected chi connectivity index (χ3v) is 5.35. The molecule has 9 heteroatoms. The fourth-order valence-corrected chi connectivity index (χ4v) is 4.14. The van der Waals surface area contributed by atoms with E-state index in [1.54, 1.807) is 17.9 Å². The Hall–Kier alpha value is -1.19. The first-order valence-electron chi connectivity index (χ1n) is 7.65. The Morgan fingerprint density at radius 1 is 1.38 bits per heavy atom. The van der Waals surface area contributed by atoms with Crippen molar-refractivity contribution in [1.82, 2.24) is 15.1 Å². The van der Waals surface area contributed by atoms with Gasteiger partial charge in [0.05, 0.1) is 10.3 Å². The number of carbonyl (C=O) groups excluding carboxylic acids is 1. The molecule has 1 amide bonds. The summed E-state index contributed by atoms with van der Waals surface area (Å²) in [6, 6.07) is 4.63. The lowest BCUT2D eigenvalue weighted by Crippen LogP contribution is -2.55. The van der Waals surface area contributed by atoms with Gasteiger partial charge in [0, 0.05) is 30.7 Å². The van der Waals surface area contributed by atoms with Crippen molar-refractivity contribution in [2.24, 2.45) is 0 Å².